The van der Waals surface area contributed by atoms with E-state index < -0.39 is 0 Å². The van der Waals surface area contributed by atoms with Gasteiger partial charge in [-0.2, -0.15) is 0 Å². The molecule has 20 heavy (non-hydrogen) atoms. The van der Waals surface area contributed by atoms with E-state index in [1.54, 1.807) is 0 Å². The van der Waals surface area contributed by atoms with Crippen molar-refractivity contribution in [3.8, 4) is 0 Å². The van der Waals surface area contributed by atoms with Crippen LogP contribution >= 0.6 is 15.9 Å². The van der Waals surface area contributed by atoms with E-state index >= 15 is 0 Å². The summed E-state index contributed by atoms with van der Waals surface area (Å²) in [7, 11) is 0. The van der Waals surface area contributed by atoms with Crippen molar-refractivity contribution >= 4 is 21.7 Å². The summed E-state index contributed by atoms with van der Waals surface area (Å²) in [5.74, 6) is 4.45. The van der Waals surface area contributed by atoms with Crippen LogP contribution in [0.15, 0.2) is 10.7 Å². The van der Waals surface area contributed by atoms with Crippen molar-refractivity contribution in [3.05, 3.63) is 16.5 Å². The third kappa shape index (κ3) is 3.94. The minimum absolute atomic E-state index is 0.605. The van der Waals surface area contributed by atoms with Crippen molar-refractivity contribution in [1.82, 2.24) is 9.97 Å². The molecule has 0 unspecified atom stereocenters. The van der Waals surface area contributed by atoms with Crippen LogP contribution in [-0.2, 0) is 0 Å². The smallest absolute Gasteiger partial charge is 0.135 e. The molecule has 0 aliphatic heterocycles. The summed E-state index contributed by atoms with van der Waals surface area (Å²) in [5.41, 5.74) is 0. The average molecular weight is 338 g/mol. The second kappa shape index (κ2) is 6.42. The van der Waals surface area contributed by atoms with E-state index in [0.717, 1.165) is 34.6 Å². The van der Waals surface area contributed by atoms with E-state index in [9.17, 15) is 0 Å². The lowest BCUT2D eigenvalue weighted by Crippen LogP contribution is -2.16. The highest BCUT2D eigenvalue weighted by Crippen LogP contribution is 2.38. The normalized spacial score (nSPS) is 26.5. The van der Waals surface area contributed by atoms with Crippen LogP contribution < -0.4 is 5.32 Å². The number of anilines is 1. The molecule has 0 spiro atoms. The number of aromatic nitrogens is 2. The molecule has 4 heteroatoms. The SMILES string of the molecule is CC1CCC(CCNc2cc(Br)nc(C3CC3)n2)CC1. The lowest BCUT2D eigenvalue weighted by atomic mass is 9.81. The monoisotopic (exact) mass is 337 g/mol. The molecule has 1 aromatic rings. The van der Waals surface area contributed by atoms with Gasteiger partial charge in [-0.25, -0.2) is 9.97 Å². The Morgan fingerprint density at radius 2 is 1.90 bits per heavy atom. The van der Waals surface area contributed by atoms with E-state index in [0.29, 0.717) is 5.92 Å². The molecular formula is C16H24BrN3. The fourth-order valence-corrected chi connectivity index (χ4v) is 3.47. The highest BCUT2D eigenvalue weighted by atomic mass is 79.9. The molecule has 0 atom stereocenters. The maximum absolute atomic E-state index is 4.64. The van der Waals surface area contributed by atoms with Gasteiger partial charge in [0.25, 0.3) is 0 Å². The maximum Gasteiger partial charge on any atom is 0.135 e. The summed E-state index contributed by atoms with van der Waals surface area (Å²) < 4.78 is 0.906. The Balaban J connectivity index is 1.48. The first-order valence-electron chi connectivity index (χ1n) is 7.99. The summed E-state index contributed by atoms with van der Waals surface area (Å²) in [6.45, 7) is 3.42. The van der Waals surface area contributed by atoms with Gasteiger partial charge in [-0.05, 0) is 47.0 Å². The molecule has 2 saturated carbocycles. The Kier molecular flexibility index (Phi) is 4.59. The van der Waals surface area contributed by atoms with Gasteiger partial charge in [-0.15, -0.1) is 0 Å². The molecule has 1 N–H and O–H groups in total. The van der Waals surface area contributed by atoms with Crippen LogP contribution in [0.1, 0.15) is 63.6 Å². The molecule has 1 aromatic heterocycles. The summed E-state index contributed by atoms with van der Waals surface area (Å²) in [4.78, 5) is 9.11. The molecule has 0 radical (unpaired) electrons. The highest BCUT2D eigenvalue weighted by Gasteiger charge is 2.27. The molecule has 0 saturated heterocycles. The number of halogens is 1. The first-order valence-corrected chi connectivity index (χ1v) is 8.78. The van der Waals surface area contributed by atoms with Gasteiger partial charge in [0.2, 0.25) is 0 Å². The highest BCUT2D eigenvalue weighted by molar-refractivity contribution is 9.10. The fraction of sp³-hybridized carbons (Fsp3) is 0.750. The van der Waals surface area contributed by atoms with Gasteiger partial charge >= 0.3 is 0 Å². The van der Waals surface area contributed by atoms with Gasteiger partial charge in [0.1, 0.15) is 16.2 Å². The molecule has 0 amide bonds. The van der Waals surface area contributed by atoms with Crippen LogP contribution in [0.25, 0.3) is 0 Å². The average Bonchev–Trinajstić information content (AvgIpc) is 3.25. The Bertz CT molecular complexity index is 451. The third-order valence-corrected chi connectivity index (χ3v) is 5.06. The van der Waals surface area contributed by atoms with E-state index in [2.05, 4.69) is 38.1 Å². The Morgan fingerprint density at radius 1 is 1.15 bits per heavy atom. The zero-order valence-corrected chi connectivity index (χ0v) is 13.8. The number of nitrogens with zero attached hydrogens (tertiary/aromatic N) is 2. The van der Waals surface area contributed by atoms with Crippen molar-refractivity contribution in [2.45, 2.75) is 57.8 Å². The van der Waals surface area contributed by atoms with Crippen LogP contribution in [0.5, 0.6) is 0 Å². The van der Waals surface area contributed by atoms with Crippen LogP contribution in [0, 0.1) is 11.8 Å². The van der Waals surface area contributed by atoms with E-state index in [4.69, 9.17) is 0 Å². The zero-order chi connectivity index (χ0) is 13.9. The Morgan fingerprint density at radius 3 is 2.60 bits per heavy atom. The number of hydrogen-bond donors (Lipinski definition) is 1. The predicted molar refractivity (Wildman–Crippen MR) is 85.9 cm³/mol. The van der Waals surface area contributed by atoms with Crippen molar-refractivity contribution in [2.24, 2.45) is 11.8 Å². The van der Waals surface area contributed by atoms with Gasteiger partial charge in [0.15, 0.2) is 0 Å². The van der Waals surface area contributed by atoms with Crippen molar-refractivity contribution in [3.63, 3.8) is 0 Å². The summed E-state index contributed by atoms with van der Waals surface area (Å²) in [5, 5.41) is 3.49. The molecule has 3 nitrogen and oxygen atoms in total. The lowest BCUT2D eigenvalue weighted by molar-refractivity contribution is 0.282. The van der Waals surface area contributed by atoms with E-state index in [1.807, 2.05) is 6.07 Å². The maximum atomic E-state index is 4.64. The Hall–Kier alpha value is -0.640. The van der Waals surface area contributed by atoms with Gasteiger partial charge in [0.05, 0.1) is 0 Å². The first kappa shape index (κ1) is 14.3. The van der Waals surface area contributed by atoms with Crippen molar-refractivity contribution < 1.29 is 0 Å². The second-order valence-corrected chi connectivity index (χ2v) is 7.36. The quantitative estimate of drug-likeness (QED) is 0.788. The molecule has 0 bridgehead atoms. The van der Waals surface area contributed by atoms with Crippen molar-refractivity contribution in [1.29, 1.82) is 0 Å². The fourth-order valence-electron chi connectivity index (χ4n) is 3.07. The largest absolute Gasteiger partial charge is 0.370 e. The van der Waals surface area contributed by atoms with E-state index in [-0.39, 0.29) is 0 Å². The minimum atomic E-state index is 0.605. The van der Waals surface area contributed by atoms with Gasteiger partial charge in [0, 0.05) is 18.5 Å². The third-order valence-electron chi connectivity index (χ3n) is 4.65. The van der Waals surface area contributed by atoms with Crippen LogP contribution in [-0.4, -0.2) is 16.5 Å². The van der Waals surface area contributed by atoms with Crippen LogP contribution in [0.2, 0.25) is 0 Å². The van der Waals surface area contributed by atoms with Gasteiger partial charge in [-0.1, -0.05) is 32.6 Å². The molecular weight excluding hydrogens is 314 g/mol. The van der Waals surface area contributed by atoms with Gasteiger partial charge in [-0.3, -0.25) is 0 Å². The molecule has 1 heterocycles. The summed E-state index contributed by atoms with van der Waals surface area (Å²) in [6, 6.07) is 1.99. The first-order chi connectivity index (χ1) is 9.70. The number of rotatable bonds is 5. The topological polar surface area (TPSA) is 37.8 Å². The Labute approximate surface area is 130 Å². The summed E-state index contributed by atoms with van der Waals surface area (Å²) >= 11 is 3.49. The molecule has 2 aliphatic carbocycles. The minimum Gasteiger partial charge on any atom is -0.370 e. The zero-order valence-electron chi connectivity index (χ0n) is 12.2. The lowest BCUT2D eigenvalue weighted by Gasteiger charge is -2.26. The van der Waals surface area contributed by atoms with Gasteiger partial charge < -0.3 is 5.32 Å². The number of nitrogens with one attached hydrogen (secondary N) is 1. The van der Waals surface area contributed by atoms with Crippen molar-refractivity contribution in [2.75, 3.05) is 11.9 Å². The van der Waals surface area contributed by atoms with E-state index in [1.165, 1.54) is 44.9 Å². The molecule has 3 rings (SSSR count). The van der Waals surface area contributed by atoms with Crippen LogP contribution in [0.4, 0.5) is 5.82 Å². The standard InChI is InChI=1S/C16H24BrN3/c1-11-2-4-12(5-3-11)8-9-18-15-10-14(17)19-16(20-15)13-6-7-13/h10-13H,2-9H2,1H3,(H,18,19,20). The molecule has 2 fully saturated rings. The molecule has 0 aromatic carbocycles. The molecule has 110 valence electrons. The summed E-state index contributed by atoms with van der Waals surface area (Å²) in [6.07, 6.45) is 9.40. The molecule has 2 aliphatic rings. The number of hydrogen-bond acceptors (Lipinski definition) is 3. The predicted octanol–water partition coefficient (Wildman–Crippen LogP) is 4.74. The van der Waals surface area contributed by atoms with Crippen LogP contribution in [0.3, 0.4) is 0 Å². The second-order valence-electron chi connectivity index (χ2n) is 6.55.